The lowest BCUT2D eigenvalue weighted by molar-refractivity contribution is -0.460. The van der Waals surface area contributed by atoms with Gasteiger partial charge >= 0.3 is 5.96 Å². The van der Waals surface area contributed by atoms with Crippen LogP contribution in [-0.2, 0) is 14.4 Å². The van der Waals surface area contributed by atoms with Crippen molar-refractivity contribution in [2.24, 2.45) is 23.3 Å². The number of amides is 3. The van der Waals surface area contributed by atoms with Gasteiger partial charge < -0.3 is 26.2 Å². The van der Waals surface area contributed by atoms with Crippen LogP contribution in [0, 0.1) is 11.8 Å². The fraction of sp³-hybridized carbons (Fsp3) is 0.800. The lowest BCUT2D eigenvalue weighted by Crippen LogP contribution is -2.78. The van der Waals surface area contributed by atoms with E-state index in [1.807, 2.05) is 27.7 Å². The summed E-state index contributed by atoms with van der Waals surface area (Å²) in [5.74, 6) is -1.02. The average Bonchev–Trinajstić information content (AvgIpc) is 2.61. The Kier molecular flexibility index (Phi) is 13.4. The van der Waals surface area contributed by atoms with Crippen LogP contribution in [0.15, 0.2) is 0 Å². The normalized spacial score (nSPS) is 14.1. The molecular formula is C20H41N6O5+. The number of carbonyl (C=O) groups excluding carboxylic acids is 3. The molecule has 11 nitrogen and oxygen atoms in total. The molecule has 31 heavy (non-hydrogen) atoms. The SMILES string of the molecule is CC(=O)N[C@@H](CC(C)C)C(=O)N[C@@H](CC(C)C)C(=O)N[C@@H](CCC[NH+]=C(N)N)C(O)O. The van der Waals surface area contributed by atoms with Crippen molar-refractivity contribution in [1.29, 1.82) is 0 Å². The van der Waals surface area contributed by atoms with E-state index < -0.39 is 36.2 Å². The first-order valence-electron chi connectivity index (χ1n) is 10.7. The maximum Gasteiger partial charge on any atom is 0.338 e. The number of nitrogens with two attached hydrogens (primary N) is 2. The number of aliphatic hydroxyl groups excluding tert-OH is 1. The van der Waals surface area contributed by atoms with Gasteiger partial charge in [0, 0.05) is 6.92 Å². The van der Waals surface area contributed by atoms with Crippen LogP contribution in [0.5, 0.6) is 0 Å². The number of hydrogen-bond donors (Lipinski definition) is 8. The van der Waals surface area contributed by atoms with Gasteiger partial charge in [0.1, 0.15) is 12.1 Å². The number of hydrogen-bond acceptors (Lipinski definition) is 5. The van der Waals surface area contributed by atoms with Crippen LogP contribution in [0.25, 0.3) is 0 Å². The number of carbonyl (C=O) groups is 3. The Bertz CT molecular complexity index is 605. The second-order valence-corrected chi connectivity index (χ2v) is 8.63. The minimum atomic E-state index is -1.77. The second kappa shape index (κ2) is 14.6. The highest BCUT2D eigenvalue weighted by molar-refractivity contribution is 5.91. The summed E-state index contributed by atoms with van der Waals surface area (Å²) in [6.07, 6.45) is -0.269. The third-order valence-electron chi connectivity index (χ3n) is 4.45. The first-order valence-corrected chi connectivity index (χ1v) is 10.7. The summed E-state index contributed by atoms with van der Waals surface area (Å²) in [4.78, 5) is 39.8. The molecule has 3 amide bonds. The first kappa shape index (κ1) is 28.6. The highest BCUT2D eigenvalue weighted by atomic mass is 16.5. The summed E-state index contributed by atoms with van der Waals surface area (Å²) in [6.45, 7) is 9.41. The average molecular weight is 446 g/mol. The zero-order valence-corrected chi connectivity index (χ0v) is 19.3. The lowest BCUT2D eigenvalue weighted by Gasteiger charge is -2.27. The predicted octanol–water partition coefficient (Wildman–Crippen LogP) is -3.00. The molecule has 0 heterocycles. The Labute approximate surface area is 184 Å². The number of rotatable bonds is 14. The maximum atomic E-state index is 12.8. The lowest BCUT2D eigenvalue weighted by atomic mass is 9.99. The van der Waals surface area contributed by atoms with Crippen molar-refractivity contribution in [1.82, 2.24) is 16.0 Å². The summed E-state index contributed by atoms with van der Waals surface area (Å²) in [6, 6.07) is -2.58. The molecule has 0 saturated heterocycles. The van der Waals surface area contributed by atoms with E-state index in [1.165, 1.54) is 6.92 Å². The van der Waals surface area contributed by atoms with Gasteiger partial charge in [0.2, 0.25) is 17.7 Å². The Morgan fingerprint density at radius 3 is 1.77 bits per heavy atom. The summed E-state index contributed by atoms with van der Waals surface area (Å²) >= 11 is 0. The molecule has 10 N–H and O–H groups in total. The van der Waals surface area contributed by atoms with Gasteiger partial charge in [0.05, 0.1) is 12.6 Å². The van der Waals surface area contributed by atoms with E-state index in [0.29, 0.717) is 25.8 Å². The van der Waals surface area contributed by atoms with E-state index in [9.17, 15) is 24.6 Å². The molecule has 0 unspecified atom stereocenters. The Balaban J connectivity index is 5.23. The summed E-state index contributed by atoms with van der Waals surface area (Å²) in [5, 5.41) is 27.2. The molecule has 180 valence electrons. The Morgan fingerprint density at radius 2 is 1.35 bits per heavy atom. The van der Waals surface area contributed by atoms with Crippen LogP contribution in [0.1, 0.15) is 60.3 Å². The zero-order chi connectivity index (χ0) is 24.1. The van der Waals surface area contributed by atoms with Crippen LogP contribution in [-0.4, -0.2) is 64.9 Å². The third-order valence-corrected chi connectivity index (χ3v) is 4.45. The van der Waals surface area contributed by atoms with Crippen LogP contribution in [0.2, 0.25) is 0 Å². The first-order chi connectivity index (χ1) is 14.3. The minimum absolute atomic E-state index is 0.0555. The molecule has 0 bridgehead atoms. The molecule has 0 aliphatic rings. The molecule has 0 spiro atoms. The minimum Gasteiger partial charge on any atom is -0.366 e. The number of guanidine groups is 1. The van der Waals surface area contributed by atoms with Crippen molar-refractivity contribution >= 4 is 23.7 Å². The summed E-state index contributed by atoms with van der Waals surface area (Å²) in [7, 11) is 0. The molecule has 0 aliphatic carbocycles. The summed E-state index contributed by atoms with van der Waals surface area (Å²) in [5.41, 5.74) is 10.6. The fourth-order valence-electron chi connectivity index (χ4n) is 3.06. The highest BCUT2D eigenvalue weighted by Crippen LogP contribution is 2.10. The monoisotopic (exact) mass is 445 g/mol. The molecule has 0 saturated carbocycles. The van der Waals surface area contributed by atoms with E-state index in [4.69, 9.17) is 11.5 Å². The van der Waals surface area contributed by atoms with Crippen molar-refractivity contribution in [3.63, 3.8) is 0 Å². The van der Waals surface area contributed by atoms with Crippen LogP contribution in [0.3, 0.4) is 0 Å². The fourth-order valence-corrected chi connectivity index (χ4v) is 3.06. The van der Waals surface area contributed by atoms with Gasteiger partial charge in [-0.15, -0.1) is 0 Å². The predicted molar refractivity (Wildman–Crippen MR) is 117 cm³/mol. The van der Waals surface area contributed by atoms with Gasteiger partial charge in [0.15, 0.2) is 6.29 Å². The summed E-state index contributed by atoms with van der Waals surface area (Å²) < 4.78 is 0. The van der Waals surface area contributed by atoms with Crippen molar-refractivity contribution in [2.45, 2.75) is 84.7 Å². The molecule has 11 heteroatoms. The molecule has 0 aromatic rings. The van der Waals surface area contributed by atoms with Gasteiger partial charge in [-0.25, -0.2) is 0 Å². The van der Waals surface area contributed by atoms with Crippen LogP contribution in [0.4, 0.5) is 0 Å². The number of nitrogens with one attached hydrogen (secondary N) is 4. The van der Waals surface area contributed by atoms with Gasteiger partial charge in [-0.2, -0.15) is 0 Å². The van der Waals surface area contributed by atoms with Crippen molar-refractivity contribution < 1.29 is 29.6 Å². The molecule has 0 rings (SSSR count). The molecule has 0 aromatic carbocycles. The maximum absolute atomic E-state index is 12.8. The third kappa shape index (κ3) is 13.5. The van der Waals surface area contributed by atoms with E-state index in [2.05, 4.69) is 20.9 Å². The topological polar surface area (TPSA) is 194 Å². The van der Waals surface area contributed by atoms with Crippen molar-refractivity contribution in [2.75, 3.05) is 6.54 Å². The van der Waals surface area contributed by atoms with E-state index >= 15 is 0 Å². The van der Waals surface area contributed by atoms with Crippen molar-refractivity contribution in [3.05, 3.63) is 0 Å². The van der Waals surface area contributed by atoms with Crippen LogP contribution >= 0.6 is 0 Å². The van der Waals surface area contributed by atoms with Gasteiger partial charge in [-0.3, -0.25) is 30.8 Å². The highest BCUT2D eigenvalue weighted by Gasteiger charge is 2.29. The smallest absolute Gasteiger partial charge is 0.338 e. The second-order valence-electron chi connectivity index (χ2n) is 8.63. The van der Waals surface area contributed by atoms with Gasteiger partial charge in [-0.05, 0) is 37.5 Å². The number of aliphatic hydroxyl groups is 2. The van der Waals surface area contributed by atoms with Gasteiger partial charge in [0.25, 0.3) is 0 Å². The molecule has 0 aliphatic heterocycles. The zero-order valence-electron chi connectivity index (χ0n) is 19.3. The van der Waals surface area contributed by atoms with Crippen molar-refractivity contribution in [3.8, 4) is 0 Å². The van der Waals surface area contributed by atoms with Crippen LogP contribution < -0.4 is 32.4 Å². The standard InChI is InChI=1S/C20H40N6O5/c1-11(2)9-15(24-13(5)27)17(28)26-16(10-12(3)4)18(29)25-14(19(30)31)7-6-8-23-20(21)22/h11-12,14-16,19,30-31H,6-10H2,1-5H3,(H,24,27)(H,25,29)(H,26,28)(H4,21,22,23)/p+1/t14-,15-,16-/m0/s1. The Hall–Kier alpha value is -2.40. The van der Waals surface area contributed by atoms with E-state index in [-0.39, 0.29) is 30.1 Å². The quantitative estimate of drug-likeness (QED) is 0.0603. The van der Waals surface area contributed by atoms with E-state index in [0.717, 1.165) is 0 Å². The molecule has 0 fully saturated rings. The molecular weight excluding hydrogens is 404 g/mol. The largest absolute Gasteiger partial charge is 0.366 e. The van der Waals surface area contributed by atoms with Gasteiger partial charge in [-0.1, -0.05) is 27.7 Å². The molecule has 0 radical (unpaired) electrons. The molecule has 0 aromatic heterocycles. The molecule has 3 atom stereocenters. The van der Waals surface area contributed by atoms with E-state index in [1.54, 1.807) is 0 Å². The Morgan fingerprint density at radius 1 is 0.871 bits per heavy atom.